The number of aromatic nitrogens is 3. The topological polar surface area (TPSA) is 68.8 Å². The highest BCUT2D eigenvalue weighted by atomic mass is 19.1. The van der Waals surface area contributed by atoms with Crippen LogP contribution in [0.1, 0.15) is 5.56 Å². The lowest BCUT2D eigenvalue weighted by atomic mass is 10.1. The SMILES string of the molecule is Cn1cc(CNc2c(F)cc(N)c3cccnc23)cn1. The van der Waals surface area contributed by atoms with Gasteiger partial charge in [-0.25, -0.2) is 4.39 Å². The monoisotopic (exact) mass is 271 g/mol. The van der Waals surface area contributed by atoms with E-state index in [1.807, 2.05) is 19.3 Å². The Morgan fingerprint density at radius 2 is 2.30 bits per heavy atom. The number of nitrogens with zero attached hydrogens (tertiary/aromatic N) is 3. The van der Waals surface area contributed by atoms with Crippen molar-refractivity contribution in [2.45, 2.75) is 6.54 Å². The minimum Gasteiger partial charge on any atom is -0.398 e. The van der Waals surface area contributed by atoms with Crippen molar-refractivity contribution in [3.05, 3.63) is 48.2 Å². The van der Waals surface area contributed by atoms with Gasteiger partial charge >= 0.3 is 0 Å². The van der Waals surface area contributed by atoms with E-state index in [0.29, 0.717) is 23.4 Å². The molecule has 2 heterocycles. The van der Waals surface area contributed by atoms with Crippen molar-refractivity contribution in [1.29, 1.82) is 0 Å². The normalized spacial score (nSPS) is 10.9. The summed E-state index contributed by atoms with van der Waals surface area (Å²) in [7, 11) is 1.84. The number of rotatable bonds is 3. The maximum atomic E-state index is 14.1. The zero-order valence-corrected chi connectivity index (χ0v) is 11.0. The number of pyridine rings is 1. The molecule has 0 fully saturated rings. The van der Waals surface area contributed by atoms with E-state index < -0.39 is 5.82 Å². The van der Waals surface area contributed by atoms with Gasteiger partial charge in [0, 0.05) is 42.6 Å². The smallest absolute Gasteiger partial charge is 0.150 e. The number of fused-ring (bicyclic) bond motifs is 1. The fourth-order valence-electron chi connectivity index (χ4n) is 2.16. The maximum absolute atomic E-state index is 14.1. The number of anilines is 2. The van der Waals surface area contributed by atoms with Gasteiger partial charge in [-0.05, 0) is 18.2 Å². The first-order chi connectivity index (χ1) is 9.65. The number of aryl methyl sites for hydroxylation is 1. The third kappa shape index (κ3) is 2.16. The Balaban J connectivity index is 1.98. The molecule has 0 saturated carbocycles. The molecule has 102 valence electrons. The summed E-state index contributed by atoms with van der Waals surface area (Å²) in [6.45, 7) is 0.473. The molecule has 0 radical (unpaired) electrons. The van der Waals surface area contributed by atoms with E-state index in [-0.39, 0.29) is 0 Å². The summed E-state index contributed by atoms with van der Waals surface area (Å²) < 4.78 is 15.8. The van der Waals surface area contributed by atoms with Crippen LogP contribution in [0.2, 0.25) is 0 Å². The standard InChI is InChI=1S/C14H14FN5/c1-20-8-9(7-19-20)6-18-14-11(15)5-12(16)10-3-2-4-17-13(10)14/h2-5,7-8,18H,6,16H2,1H3. The second-order valence-electron chi connectivity index (χ2n) is 4.60. The summed E-state index contributed by atoms with van der Waals surface area (Å²) in [5.41, 5.74) is 8.06. The molecule has 1 aromatic carbocycles. The highest BCUT2D eigenvalue weighted by molar-refractivity contribution is 5.98. The van der Waals surface area contributed by atoms with Crippen molar-refractivity contribution in [3.63, 3.8) is 0 Å². The average molecular weight is 271 g/mol. The summed E-state index contributed by atoms with van der Waals surface area (Å²) in [5.74, 6) is -0.405. The van der Waals surface area contributed by atoms with E-state index in [1.165, 1.54) is 6.07 Å². The molecule has 3 aromatic rings. The number of hydrogen-bond acceptors (Lipinski definition) is 4. The van der Waals surface area contributed by atoms with Crippen molar-refractivity contribution >= 4 is 22.3 Å². The van der Waals surface area contributed by atoms with Gasteiger partial charge in [0.2, 0.25) is 0 Å². The Hall–Kier alpha value is -2.63. The lowest BCUT2D eigenvalue weighted by molar-refractivity contribution is 0.632. The number of nitrogen functional groups attached to an aromatic ring is 1. The largest absolute Gasteiger partial charge is 0.398 e. The predicted octanol–water partition coefficient (Wildman–Crippen LogP) is 2.30. The van der Waals surface area contributed by atoms with Crippen LogP contribution in [-0.4, -0.2) is 14.8 Å². The molecule has 0 spiro atoms. The highest BCUT2D eigenvalue weighted by Crippen LogP contribution is 2.29. The highest BCUT2D eigenvalue weighted by Gasteiger charge is 2.11. The summed E-state index contributed by atoms with van der Waals surface area (Å²) in [6.07, 6.45) is 5.23. The Bertz CT molecular complexity index is 765. The van der Waals surface area contributed by atoms with Gasteiger partial charge in [-0.1, -0.05) is 0 Å². The molecule has 6 heteroatoms. The number of halogens is 1. The van der Waals surface area contributed by atoms with Crippen LogP contribution in [0.3, 0.4) is 0 Å². The molecule has 0 amide bonds. The van der Waals surface area contributed by atoms with E-state index >= 15 is 0 Å². The van der Waals surface area contributed by atoms with E-state index in [9.17, 15) is 4.39 Å². The molecule has 3 rings (SSSR count). The second-order valence-corrected chi connectivity index (χ2v) is 4.60. The van der Waals surface area contributed by atoms with Crippen molar-refractivity contribution in [1.82, 2.24) is 14.8 Å². The number of hydrogen-bond donors (Lipinski definition) is 2. The number of nitrogens with one attached hydrogen (secondary N) is 1. The van der Waals surface area contributed by atoms with Gasteiger partial charge in [-0.15, -0.1) is 0 Å². The summed E-state index contributed by atoms with van der Waals surface area (Å²) in [5, 5.41) is 7.88. The third-order valence-corrected chi connectivity index (χ3v) is 3.10. The van der Waals surface area contributed by atoms with Crippen molar-refractivity contribution in [2.24, 2.45) is 7.05 Å². The predicted molar refractivity (Wildman–Crippen MR) is 76.6 cm³/mol. The molecule has 0 saturated heterocycles. The minimum atomic E-state index is -0.405. The molecular weight excluding hydrogens is 257 g/mol. The van der Waals surface area contributed by atoms with Gasteiger partial charge in [0.25, 0.3) is 0 Å². The first-order valence-corrected chi connectivity index (χ1v) is 6.19. The van der Waals surface area contributed by atoms with E-state index in [2.05, 4.69) is 15.4 Å². The maximum Gasteiger partial charge on any atom is 0.150 e. The Labute approximate surface area is 115 Å². The van der Waals surface area contributed by atoms with Gasteiger partial charge in [-0.3, -0.25) is 9.67 Å². The lowest BCUT2D eigenvalue weighted by Gasteiger charge is -2.11. The number of nitrogens with two attached hydrogens (primary N) is 1. The van der Waals surface area contributed by atoms with Gasteiger partial charge in [0.05, 0.1) is 17.4 Å². The Morgan fingerprint density at radius 1 is 1.45 bits per heavy atom. The molecule has 0 aliphatic heterocycles. The molecule has 3 N–H and O–H groups in total. The molecule has 20 heavy (non-hydrogen) atoms. The van der Waals surface area contributed by atoms with Gasteiger partial charge < -0.3 is 11.1 Å². The van der Waals surface area contributed by atoms with Crippen LogP contribution in [0.4, 0.5) is 15.8 Å². The molecule has 5 nitrogen and oxygen atoms in total. The van der Waals surface area contributed by atoms with Crippen LogP contribution < -0.4 is 11.1 Å². The van der Waals surface area contributed by atoms with Crippen LogP contribution in [-0.2, 0) is 13.6 Å². The summed E-state index contributed by atoms with van der Waals surface area (Å²) in [6, 6.07) is 4.92. The molecule has 0 atom stereocenters. The van der Waals surface area contributed by atoms with Gasteiger partial charge in [0.15, 0.2) is 5.82 Å². The fraction of sp³-hybridized carbons (Fsp3) is 0.143. The van der Waals surface area contributed by atoms with Gasteiger partial charge in [-0.2, -0.15) is 5.10 Å². The second kappa shape index (κ2) is 4.80. The molecule has 0 aliphatic rings. The Morgan fingerprint density at radius 3 is 3.05 bits per heavy atom. The first-order valence-electron chi connectivity index (χ1n) is 6.19. The zero-order valence-electron chi connectivity index (χ0n) is 11.0. The van der Waals surface area contributed by atoms with Crippen molar-refractivity contribution in [3.8, 4) is 0 Å². The zero-order chi connectivity index (χ0) is 14.1. The van der Waals surface area contributed by atoms with E-state index in [1.54, 1.807) is 23.1 Å². The van der Waals surface area contributed by atoms with Crippen molar-refractivity contribution < 1.29 is 4.39 Å². The van der Waals surface area contributed by atoms with Crippen LogP contribution in [0.25, 0.3) is 10.9 Å². The van der Waals surface area contributed by atoms with Crippen LogP contribution in [0.5, 0.6) is 0 Å². The van der Waals surface area contributed by atoms with Crippen LogP contribution in [0, 0.1) is 5.82 Å². The first kappa shape index (κ1) is 12.4. The van der Waals surface area contributed by atoms with E-state index in [4.69, 9.17) is 5.73 Å². The minimum absolute atomic E-state index is 0.360. The van der Waals surface area contributed by atoms with Crippen molar-refractivity contribution in [2.75, 3.05) is 11.1 Å². The van der Waals surface area contributed by atoms with E-state index in [0.717, 1.165) is 10.9 Å². The quantitative estimate of drug-likeness (QED) is 0.717. The molecule has 0 unspecified atom stereocenters. The summed E-state index contributed by atoms with van der Waals surface area (Å²) >= 11 is 0. The Kier molecular flexibility index (Phi) is 2.98. The molecule has 2 aromatic heterocycles. The fourth-order valence-corrected chi connectivity index (χ4v) is 2.16. The van der Waals surface area contributed by atoms with Crippen LogP contribution >= 0.6 is 0 Å². The molecule has 0 bridgehead atoms. The third-order valence-electron chi connectivity index (χ3n) is 3.10. The van der Waals surface area contributed by atoms with Gasteiger partial charge in [0.1, 0.15) is 0 Å². The van der Waals surface area contributed by atoms with Crippen LogP contribution in [0.15, 0.2) is 36.8 Å². The molecule has 0 aliphatic carbocycles. The lowest BCUT2D eigenvalue weighted by Crippen LogP contribution is -2.04. The summed E-state index contributed by atoms with van der Waals surface area (Å²) in [4.78, 5) is 4.22. The average Bonchev–Trinajstić information content (AvgIpc) is 2.84. The number of benzene rings is 1. The molecular formula is C14H14FN5.